The fourth-order valence-corrected chi connectivity index (χ4v) is 4.69. The minimum Gasteiger partial charge on any atom is -0.457 e. The summed E-state index contributed by atoms with van der Waals surface area (Å²) in [7, 11) is 0. The van der Waals surface area contributed by atoms with Gasteiger partial charge in [-0.25, -0.2) is 0 Å². The molecule has 1 aromatic heterocycles. The van der Waals surface area contributed by atoms with Crippen LogP contribution in [0.15, 0.2) is 65.1 Å². The van der Waals surface area contributed by atoms with E-state index in [9.17, 15) is 4.79 Å². The Morgan fingerprint density at radius 1 is 1.12 bits per heavy atom. The highest BCUT2D eigenvalue weighted by atomic mass is 35.5. The van der Waals surface area contributed by atoms with Gasteiger partial charge in [0, 0.05) is 40.6 Å². The van der Waals surface area contributed by atoms with Gasteiger partial charge in [0.2, 0.25) is 5.91 Å². The lowest BCUT2D eigenvalue weighted by Crippen LogP contribution is -2.37. The van der Waals surface area contributed by atoms with Gasteiger partial charge < -0.3 is 14.6 Å². The van der Waals surface area contributed by atoms with Crippen LogP contribution in [0.2, 0.25) is 10.0 Å². The molecule has 8 heteroatoms. The summed E-state index contributed by atoms with van der Waals surface area (Å²) >= 11 is 17.4. The largest absolute Gasteiger partial charge is 0.457 e. The number of nitrogens with one attached hydrogen (secondary N) is 2. The number of amides is 1. The van der Waals surface area contributed by atoms with Crippen LogP contribution in [0.3, 0.4) is 0 Å². The number of anilines is 2. The SMILES string of the molecule is CC1CCCCN1c1ccc(NC(=S)NC(=O)/C=C/c2ccc(-c3ccc(Cl)cc3Cl)o2)cc1. The lowest BCUT2D eigenvalue weighted by atomic mass is 10.0. The molecule has 1 fully saturated rings. The van der Waals surface area contributed by atoms with Crippen molar-refractivity contribution in [2.75, 3.05) is 16.8 Å². The number of thiocarbonyl (C=S) groups is 1. The van der Waals surface area contributed by atoms with E-state index in [-0.39, 0.29) is 11.0 Å². The molecule has 0 spiro atoms. The van der Waals surface area contributed by atoms with Crippen molar-refractivity contribution in [3.63, 3.8) is 0 Å². The standard InChI is InChI=1S/C26H25Cl2N3O2S/c1-17-4-2-3-15-31(17)20-8-6-19(7-9-20)29-26(34)30-25(32)14-11-21-10-13-24(33-21)22-12-5-18(27)16-23(22)28/h5-14,16-17H,2-4,15H2,1H3,(H2,29,30,32,34)/b14-11+. The normalized spacial score (nSPS) is 16.0. The Morgan fingerprint density at radius 3 is 2.65 bits per heavy atom. The van der Waals surface area contributed by atoms with Gasteiger partial charge in [-0.3, -0.25) is 10.1 Å². The van der Waals surface area contributed by atoms with Crippen molar-refractivity contribution < 1.29 is 9.21 Å². The number of carbonyl (C=O) groups is 1. The number of nitrogens with zero attached hydrogens (tertiary/aromatic N) is 1. The van der Waals surface area contributed by atoms with Crippen LogP contribution in [0.5, 0.6) is 0 Å². The van der Waals surface area contributed by atoms with Crippen molar-refractivity contribution in [3.05, 3.63) is 76.5 Å². The first-order chi connectivity index (χ1) is 16.4. The summed E-state index contributed by atoms with van der Waals surface area (Å²) in [5, 5.41) is 6.96. The Kier molecular flexibility index (Phi) is 7.93. The summed E-state index contributed by atoms with van der Waals surface area (Å²) in [6.45, 7) is 3.35. The second-order valence-corrected chi connectivity index (χ2v) is 9.44. The van der Waals surface area contributed by atoms with Crippen LogP contribution < -0.4 is 15.5 Å². The first-order valence-electron chi connectivity index (χ1n) is 11.1. The minimum absolute atomic E-state index is 0.224. The Bertz CT molecular complexity index is 1210. The van der Waals surface area contributed by atoms with Gasteiger partial charge in [-0.05, 0) is 99.1 Å². The molecule has 5 nitrogen and oxygen atoms in total. The van der Waals surface area contributed by atoms with E-state index < -0.39 is 0 Å². The molecule has 1 aliphatic heterocycles. The zero-order valence-corrected chi connectivity index (χ0v) is 21.0. The van der Waals surface area contributed by atoms with Crippen LogP contribution in [-0.4, -0.2) is 23.6 Å². The van der Waals surface area contributed by atoms with Crippen molar-refractivity contribution in [2.24, 2.45) is 0 Å². The molecule has 0 radical (unpaired) electrons. The average molecular weight is 514 g/mol. The van der Waals surface area contributed by atoms with Gasteiger partial charge in [-0.1, -0.05) is 23.2 Å². The average Bonchev–Trinajstić information content (AvgIpc) is 3.27. The predicted octanol–water partition coefficient (Wildman–Crippen LogP) is 7.16. The van der Waals surface area contributed by atoms with E-state index in [1.807, 2.05) is 12.1 Å². The number of hydrogen-bond donors (Lipinski definition) is 2. The molecule has 1 amide bonds. The Labute approximate surface area is 214 Å². The number of furan rings is 1. The van der Waals surface area contributed by atoms with Gasteiger partial charge in [-0.2, -0.15) is 0 Å². The summed E-state index contributed by atoms with van der Waals surface area (Å²) < 4.78 is 5.76. The van der Waals surface area contributed by atoms with E-state index in [2.05, 4.69) is 34.6 Å². The topological polar surface area (TPSA) is 57.5 Å². The van der Waals surface area contributed by atoms with Crippen molar-refractivity contribution >= 4 is 63.9 Å². The van der Waals surface area contributed by atoms with E-state index in [4.69, 9.17) is 39.8 Å². The van der Waals surface area contributed by atoms with Gasteiger partial charge >= 0.3 is 0 Å². The van der Waals surface area contributed by atoms with Gasteiger partial charge in [0.05, 0.1) is 5.02 Å². The van der Waals surface area contributed by atoms with Gasteiger partial charge in [0.1, 0.15) is 11.5 Å². The van der Waals surface area contributed by atoms with E-state index in [0.29, 0.717) is 27.6 Å². The first kappa shape index (κ1) is 24.3. The van der Waals surface area contributed by atoms with Gasteiger partial charge in [0.15, 0.2) is 5.11 Å². The molecule has 1 unspecified atom stereocenters. The van der Waals surface area contributed by atoms with Gasteiger partial charge in [-0.15, -0.1) is 0 Å². The molecule has 1 atom stereocenters. The van der Waals surface area contributed by atoms with Crippen LogP contribution in [0, 0.1) is 0 Å². The smallest absolute Gasteiger partial charge is 0.250 e. The highest BCUT2D eigenvalue weighted by Gasteiger charge is 2.18. The third-order valence-corrected chi connectivity index (χ3v) is 6.47. The maximum Gasteiger partial charge on any atom is 0.250 e. The van der Waals surface area contributed by atoms with Crippen molar-refractivity contribution in [1.29, 1.82) is 0 Å². The van der Waals surface area contributed by atoms with Crippen molar-refractivity contribution in [3.8, 4) is 11.3 Å². The molecule has 1 aliphatic rings. The van der Waals surface area contributed by atoms with Crippen molar-refractivity contribution in [1.82, 2.24) is 5.32 Å². The monoisotopic (exact) mass is 513 g/mol. The van der Waals surface area contributed by atoms with Crippen LogP contribution >= 0.6 is 35.4 Å². The van der Waals surface area contributed by atoms with E-state index >= 15 is 0 Å². The summed E-state index contributed by atoms with van der Waals surface area (Å²) in [5.74, 6) is 0.734. The number of benzene rings is 2. The van der Waals surface area contributed by atoms with Crippen LogP contribution in [0.25, 0.3) is 17.4 Å². The lowest BCUT2D eigenvalue weighted by molar-refractivity contribution is -0.115. The number of rotatable bonds is 5. The zero-order chi connectivity index (χ0) is 24.1. The maximum absolute atomic E-state index is 12.3. The van der Waals surface area contributed by atoms with Crippen LogP contribution in [0.4, 0.5) is 11.4 Å². The number of piperidine rings is 1. The van der Waals surface area contributed by atoms with Gasteiger partial charge in [0.25, 0.3) is 0 Å². The second-order valence-electron chi connectivity index (χ2n) is 8.19. The van der Waals surface area contributed by atoms with Crippen LogP contribution in [-0.2, 0) is 4.79 Å². The molecule has 1 saturated heterocycles. The molecule has 34 heavy (non-hydrogen) atoms. The minimum atomic E-state index is -0.362. The first-order valence-corrected chi connectivity index (χ1v) is 12.3. The summed E-state index contributed by atoms with van der Waals surface area (Å²) in [5.41, 5.74) is 2.74. The molecule has 2 heterocycles. The molecule has 0 saturated carbocycles. The summed E-state index contributed by atoms with van der Waals surface area (Å²) in [6.07, 6.45) is 6.66. The third-order valence-electron chi connectivity index (χ3n) is 5.72. The summed E-state index contributed by atoms with van der Waals surface area (Å²) in [6, 6.07) is 17.4. The molecular weight excluding hydrogens is 489 g/mol. The molecule has 0 bridgehead atoms. The third kappa shape index (κ3) is 6.20. The molecule has 4 rings (SSSR count). The molecule has 176 valence electrons. The Balaban J connectivity index is 1.30. The molecule has 2 aromatic carbocycles. The lowest BCUT2D eigenvalue weighted by Gasteiger charge is -2.35. The van der Waals surface area contributed by atoms with Crippen LogP contribution in [0.1, 0.15) is 31.9 Å². The quantitative estimate of drug-likeness (QED) is 0.280. The Hall–Kier alpha value is -2.80. The Morgan fingerprint density at radius 2 is 1.91 bits per heavy atom. The maximum atomic E-state index is 12.3. The van der Waals surface area contributed by atoms with Crippen molar-refractivity contribution in [2.45, 2.75) is 32.2 Å². The number of halogens is 2. The fourth-order valence-electron chi connectivity index (χ4n) is 3.97. The molecular formula is C26H25Cl2N3O2S. The second kappa shape index (κ2) is 11.1. The molecule has 0 aliphatic carbocycles. The predicted molar refractivity (Wildman–Crippen MR) is 145 cm³/mol. The highest BCUT2D eigenvalue weighted by molar-refractivity contribution is 7.80. The van der Waals surface area contributed by atoms with E-state index in [1.54, 1.807) is 36.4 Å². The number of carbonyl (C=O) groups excluding carboxylic acids is 1. The highest BCUT2D eigenvalue weighted by Crippen LogP contribution is 2.31. The summed E-state index contributed by atoms with van der Waals surface area (Å²) in [4.78, 5) is 14.7. The fraction of sp³-hybridized carbons (Fsp3) is 0.231. The van der Waals surface area contributed by atoms with E-state index in [1.165, 1.54) is 31.0 Å². The van der Waals surface area contributed by atoms with E-state index in [0.717, 1.165) is 17.8 Å². The molecule has 2 N–H and O–H groups in total. The number of hydrogen-bond acceptors (Lipinski definition) is 4. The zero-order valence-electron chi connectivity index (χ0n) is 18.7. The molecule has 3 aromatic rings.